The smallest absolute Gasteiger partial charge is 0.249 e. The molecule has 0 aliphatic carbocycles. The lowest BCUT2D eigenvalue weighted by atomic mass is 10.7. The lowest BCUT2D eigenvalue weighted by Gasteiger charge is -2.11. The quantitative estimate of drug-likeness (QED) is 0.197. The van der Waals surface area contributed by atoms with E-state index in [1.165, 1.54) is 13.8 Å². The lowest BCUT2D eigenvalue weighted by Crippen LogP contribution is -2.13. The van der Waals surface area contributed by atoms with Crippen LogP contribution in [0.1, 0.15) is 20.8 Å². The number of hydrogen-bond donors (Lipinski definition) is 0. The average Bonchev–Trinajstić information content (AvgIpc) is 2.31. The van der Waals surface area contributed by atoms with Crippen LogP contribution in [0, 0.1) is 13.1 Å². The summed E-state index contributed by atoms with van der Waals surface area (Å²) in [5.74, 6) is -1.56. The van der Waals surface area contributed by atoms with E-state index >= 15 is 0 Å². The first kappa shape index (κ1) is 33.8. The van der Waals surface area contributed by atoms with Crippen molar-refractivity contribution in [3.05, 3.63) is 32.7 Å². The summed E-state index contributed by atoms with van der Waals surface area (Å²) < 4.78 is 65.7. The molecule has 0 aliphatic rings. The normalized spacial score (nSPS) is 11.4. The van der Waals surface area contributed by atoms with E-state index in [9.17, 15) is 40.3 Å². The first-order chi connectivity index (χ1) is 12.7. The van der Waals surface area contributed by atoms with Crippen LogP contribution in [-0.4, -0.2) is 61.7 Å². The van der Waals surface area contributed by atoms with Crippen LogP contribution in [0.25, 0.3) is 19.6 Å². The van der Waals surface area contributed by atoms with Crippen molar-refractivity contribution in [2.75, 3.05) is 18.8 Å². The van der Waals surface area contributed by atoms with Gasteiger partial charge in [0.25, 0.3) is 0 Å². The van der Waals surface area contributed by atoms with Gasteiger partial charge >= 0.3 is 0 Å². The molecule has 18 heteroatoms. The number of aliphatic imine (C=N–C) groups is 1. The molecule has 0 rings (SSSR count). The van der Waals surface area contributed by atoms with Crippen LogP contribution in [0.4, 0.5) is 0 Å². The Morgan fingerprint density at radius 2 is 1.17 bits per heavy atom. The summed E-state index contributed by atoms with van der Waals surface area (Å²) in [5, 5.41) is 19.8. The third-order valence-electron chi connectivity index (χ3n) is 0.970. The van der Waals surface area contributed by atoms with Gasteiger partial charge < -0.3 is 14.3 Å². The largest absolute Gasteiger partial charge is 0.862 e. The van der Waals surface area contributed by atoms with Gasteiger partial charge in [-0.1, -0.05) is 0 Å². The molecule has 29 heavy (non-hydrogen) atoms. The van der Waals surface area contributed by atoms with E-state index in [0.717, 1.165) is 13.2 Å². The Balaban J connectivity index is -0.000000147. The Hall–Kier alpha value is -2.80. The Bertz CT molecular complexity index is 918. The molecule has 0 spiro atoms. The molecule has 0 heterocycles. The minimum Gasteiger partial charge on any atom is -0.862 e. The molecule has 0 aromatic carbocycles. The second kappa shape index (κ2) is 16.2. The standard InChI is InChI=1S/C4H7NO2.C3H7NO3S.C2N3.C2H6NO4S2/c1-3(6)5-4(2)7;1-3(5)4-8(2,6)7;1-3-5-4-2;1-8(4,5)3-9(2,6)7/h1-2H3,(H,5,6,7);1-2H3,(H,4,5);;1-2H3/q;;2*-1/p-2. The molecule has 0 aromatic heterocycles. The van der Waals surface area contributed by atoms with Gasteiger partial charge in [-0.15, -0.1) is 0 Å². The Morgan fingerprint density at radius 3 is 1.17 bits per heavy atom. The van der Waals surface area contributed by atoms with Crippen LogP contribution < -0.4 is 10.2 Å². The minimum absolute atomic E-state index is 0.437. The number of hydrogen-bond acceptors (Lipinski definition) is 9. The third kappa shape index (κ3) is 67.3. The van der Waals surface area contributed by atoms with E-state index in [1.54, 1.807) is 0 Å². The highest BCUT2D eigenvalue weighted by molar-refractivity contribution is 8.11. The molecule has 0 bridgehead atoms. The average molecular weight is 474 g/mol. The van der Waals surface area contributed by atoms with Crippen molar-refractivity contribution in [3.63, 3.8) is 0 Å². The molecule has 0 saturated heterocycles. The van der Waals surface area contributed by atoms with Gasteiger partial charge in [0.1, 0.15) is 0 Å². The molecule has 0 fully saturated rings. The molecule has 0 aromatic rings. The predicted molar refractivity (Wildman–Crippen MR) is 101 cm³/mol. The van der Waals surface area contributed by atoms with E-state index in [0.29, 0.717) is 12.5 Å². The zero-order chi connectivity index (χ0) is 24.5. The molecular formula is C11H18N6O9S3-4. The lowest BCUT2D eigenvalue weighted by molar-refractivity contribution is -0.216. The molecule has 0 saturated carbocycles. The molecule has 0 aliphatic heterocycles. The van der Waals surface area contributed by atoms with Crippen molar-refractivity contribution >= 4 is 47.8 Å². The van der Waals surface area contributed by atoms with Gasteiger partial charge in [-0.05, 0) is 25.6 Å². The van der Waals surface area contributed by atoms with Crippen LogP contribution in [0.5, 0.6) is 0 Å². The van der Waals surface area contributed by atoms with Gasteiger partial charge in [0.05, 0.1) is 26.3 Å². The maximum Gasteiger partial charge on any atom is 0.249 e. The summed E-state index contributed by atoms with van der Waals surface area (Å²) in [5.41, 5.74) is 2.56. The molecule has 0 unspecified atom stereocenters. The van der Waals surface area contributed by atoms with Gasteiger partial charge in [0.2, 0.25) is 15.9 Å². The second-order valence-corrected chi connectivity index (χ2v) is 9.50. The van der Waals surface area contributed by atoms with E-state index in [-0.39, 0.29) is 0 Å². The summed E-state index contributed by atoms with van der Waals surface area (Å²) in [6, 6.07) is 0. The van der Waals surface area contributed by atoms with Gasteiger partial charge in [-0.3, -0.25) is 14.7 Å². The number of rotatable bonds is 3. The number of nitrogens with zero attached hydrogens (tertiary/aromatic N) is 6. The molecule has 15 nitrogen and oxygen atoms in total. The first-order valence-corrected chi connectivity index (χ1v) is 11.9. The molecule has 168 valence electrons. The first-order valence-electron chi connectivity index (χ1n) is 6.40. The fourth-order valence-electron chi connectivity index (χ4n) is 0.724. The molecule has 1 amide bonds. The zero-order valence-electron chi connectivity index (χ0n) is 16.1. The summed E-state index contributed by atoms with van der Waals surface area (Å²) in [7, 11) is -10.9. The number of sulfonamides is 3. The van der Waals surface area contributed by atoms with E-state index < -0.39 is 47.8 Å². The summed E-state index contributed by atoms with van der Waals surface area (Å²) >= 11 is 0. The number of amides is 1. The fraction of sp³-hybridized carbons (Fsp3) is 0.545. The highest BCUT2D eigenvalue weighted by Gasteiger charge is 1.92. The van der Waals surface area contributed by atoms with Crippen molar-refractivity contribution in [2.24, 2.45) is 9.39 Å². The van der Waals surface area contributed by atoms with Crippen LogP contribution >= 0.6 is 0 Å². The van der Waals surface area contributed by atoms with Crippen molar-refractivity contribution in [3.8, 4) is 0 Å². The molecule has 0 N–H and O–H groups in total. The van der Waals surface area contributed by atoms with Gasteiger partial charge in [-0.25, -0.2) is 43.4 Å². The van der Waals surface area contributed by atoms with Crippen molar-refractivity contribution in [2.45, 2.75) is 20.8 Å². The molecule has 0 atom stereocenters. The van der Waals surface area contributed by atoms with Crippen LogP contribution in [0.2, 0.25) is 0 Å². The number of carbonyl (C=O) groups is 1. The van der Waals surface area contributed by atoms with E-state index in [1.807, 2.05) is 0 Å². The predicted octanol–water partition coefficient (Wildman–Crippen LogP) is -1.66. The Morgan fingerprint density at radius 1 is 0.828 bits per heavy atom. The SMILES string of the molecule is CC(=O)N=C(C)[O-].CC([O-])=NS(C)(=O)=O.CS(=O)(=O)[N-]S(C)(=O)=O.[C-]#[N+][N-][N+]#[C-]. The maximum atomic E-state index is 10.1. The van der Waals surface area contributed by atoms with E-state index in [2.05, 4.69) is 29.0 Å². The van der Waals surface area contributed by atoms with Crippen molar-refractivity contribution in [1.29, 1.82) is 0 Å². The summed E-state index contributed by atoms with van der Waals surface area (Å²) in [4.78, 5) is 17.6. The van der Waals surface area contributed by atoms with Crippen molar-refractivity contribution in [1.82, 2.24) is 0 Å². The van der Waals surface area contributed by atoms with Gasteiger partial charge in [-0.2, -0.15) is 4.40 Å². The molecular weight excluding hydrogens is 456 g/mol. The Kier molecular flexibility index (Phi) is 18.8. The van der Waals surface area contributed by atoms with Crippen LogP contribution in [-0.2, 0) is 34.9 Å². The van der Waals surface area contributed by atoms with Gasteiger partial charge in [0, 0.05) is 25.0 Å². The van der Waals surface area contributed by atoms with E-state index in [4.69, 9.17) is 13.1 Å². The summed E-state index contributed by atoms with van der Waals surface area (Å²) in [6.07, 6.45) is 2.30. The van der Waals surface area contributed by atoms with Crippen LogP contribution in [0.3, 0.4) is 0 Å². The van der Waals surface area contributed by atoms with Crippen LogP contribution in [0.15, 0.2) is 9.39 Å². The number of carbonyl (C=O) groups excluding carboxylic acids is 1. The third-order valence-corrected chi connectivity index (χ3v) is 3.72. The second-order valence-electron chi connectivity index (χ2n) is 4.32. The monoisotopic (exact) mass is 474 g/mol. The van der Waals surface area contributed by atoms with Crippen molar-refractivity contribution < 1.29 is 40.3 Å². The topological polar surface area (TPSA) is 227 Å². The Labute approximate surface area is 169 Å². The minimum atomic E-state index is -3.74. The molecule has 0 radical (unpaired) electrons. The van der Waals surface area contributed by atoms with Gasteiger partial charge in [0.15, 0.2) is 0 Å². The maximum absolute atomic E-state index is 10.1. The fourth-order valence-corrected chi connectivity index (χ4v) is 3.16. The highest BCUT2D eigenvalue weighted by Crippen LogP contribution is 2.03. The highest BCUT2D eigenvalue weighted by atomic mass is 32.3. The summed E-state index contributed by atoms with van der Waals surface area (Å²) in [6.45, 7) is 15.3. The zero-order valence-corrected chi connectivity index (χ0v) is 18.5.